The van der Waals surface area contributed by atoms with Crippen LogP contribution in [0.5, 0.6) is 0 Å². The topological polar surface area (TPSA) is 74.6 Å². The van der Waals surface area contributed by atoms with Gasteiger partial charge in [0.05, 0.1) is 6.42 Å². The molecule has 0 aliphatic heterocycles. The van der Waals surface area contributed by atoms with Crippen LogP contribution >= 0.6 is 0 Å². The van der Waals surface area contributed by atoms with Crippen molar-refractivity contribution in [3.05, 3.63) is 0 Å². The highest BCUT2D eigenvalue weighted by atomic mass is 16.4. The maximum atomic E-state index is 11.3. The number of aliphatic carboxylic acids is 1. The van der Waals surface area contributed by atoms with Crippen LogP contribution in [0.15, 0.2) is 0 Å². The fourth-order valence-electron chi connectivity index (χ4n) is 2.06. The third-order valence-corrected chi connectivity index (χ3v) is 3.19. The first-order valence-corrected chi connectivity index (χ1v) is 6.97. The van der Waals surface area contributed by atoms with E-state index in [-0.39, 0.29) is 12.2 Å². The number of hydrogen-bond acceptors (Lipinski definition) is 3. The third-order valence-electron chi connectivity index (χ3n) is 3.19. The fourth-order valence-corrected chi connectivity index (χ4v) is 2.06. The van der Waals surface area contributed by atoms with Gasteiger partial charge in [-0.15, -0.1) is 0 Å². The van der Waals surface area contributed by atoms with E-state index < -0.39 is 18.5 Å². The van der Waals surface area contributed by atoms with Gasteiger partial charge in [-0.2, -0.15) is 0 Å². The minimum atomic E-state index is -0.968. The number of rotatable bonds is 12. The van der Waals surface area contributed by atoms with Crippen LogP contribution in [0, 0.1) is 5.92 Å². The van der Waals surface area contributed by atoms with Gasteiger partial charge < -0.3 is 10.2 Å². The lowest BCUT2D eigenvalue weighted by atomic mass is 9.93. The van der Waals surface area contributed by atoms with Crippen LogP contribution in [0.3, 0.4) is 0 Å². The van der Waals surface area contributed by atoms with Crippen molar-refractivity contribution < 1.29 is 19.8 Å². The number of unbranched alkanes of at least 4 members (excludes halogenated alkanes) is 6. The van der Waals surface area contributed by atoms with Gasteiger partial charge in [0, 0.05) is 5.92 Å². The molecule has 0 aliphatic rings. The summed E-state index contributed by atoms with van der Waals surface area (Å²) in [6.07, 6.45) is 8.45. The van der Waals surface area contributed by atoms with Crippen LogP contribution in [0.1, 0.15) is 64.7 Å². The minimum Gasteiger partial charge on any atom is -0.481 e. The summed E-state index contributed by atoms with van der Waals surface area (Å²) < 4.78 is 0. The second-order valence-electron chi connectivity index (χ2n) is 4.83. The summed E-state index contributed by atoms with van der Waals surface area (Å²) in [6, 6.07) is 0. The molecule has 18 heavy (non-hydrogen) atoms. The normalized spacial score (nSPS) is 12.3. The van der Waals surface area contributed by atoms with Gasteiger partial charge in [-0.3, -0.25) is 9.59 Å². The smallest absolute Gasteiger partial charge is 0.304 e. The Bertz CT molecular complexity index is 238. The lowest BCUT2D eigenvalue weighted by Crippen LogP contribution is -2.21. The van der Waals surface area contributed by atoms with Gasteiger partial charge in [0.1, 0.15) is 6.61 Å². The number of carbonyl (C=O) groups excluding carboxylic acids is 1. The van der Waals surface area contributed by atoms with E-state index in [2.05, 4.69) is 6.92 Å². The lowest BCUT2D eigenvalue weighted by molar-refractivity contribution is -0.141. The Labute approximate surface area is 109 Å². The van der Waals surface area contributed by atoms with Crippen molar-refractivity contribution in [1.82, 2.24) is 0 Å². The van der Waals surface area contributed by atoms with Gasteiger partial charge in [-0.1, -0.05) is 51.9 Å². The first kappa shape index (κ1) is 17.1. The summed E-state index contributed by atoms with van der Waals surface area (Å²) in [5.74, 6) is -1.82. The van der Waals surface area contributed by atoms with Crippen LogP contribution in [0.25, 0.3) is 0 Å². The SMILES string of the molecule is CCCCCCCCCC(CC(=O)O)C(=O)CO. The van der Waals surface area contributed by atoms with Crippen LogP contribution in [0.4, 0.5) is 0 Å². The molecule has 0 saturated carbocycles. The molecule has 106 valence electrons. The summed E-state index contributed by atoms with van der Waals surface area (Å²) in [5.41, 5.74) is 0. The Balaban J connectivity index is 3.69. The van der Waals surface area contributed by atoms with Gasteiger partial charge in [0.25, 0.3) is 0 Å². The first-order valence-electron chi connectivity index (χ1n) is 6.97. The predicted molar refractivity (Wildman–Crippen MR) is 70.4 cm³/mol. The van der Waals surface area contributed by atoms with Gasteiger partial charge in [0.2, 0.25) is 0 Å². The molecular formula is C14H26O4. The van der Waals surface area contributed by atoms with Gasteiger partial charge in [-0.25, -0.2) is 0 Å². The molecule has 0 aromatic rings. The minimum absolute atomic E-state index is 0.158. The Hall–Kier alpha value is -0.900. The molecule has 2 N–H and O–H groups in total. The van der Waals surface area contributed by atoms with E-state index in [4.69, 9.17) is 10.2 Å². The quantitative estimate of drug-likeness (QED) is 0.528. The molecule has 0 aromatic carbocycles. The van der Waals surface area contributed by atoms with Crippen LogP contribution in [0.2, 0.25) is 0 Å². The van der Waals surface area contributed by atoms with E-state index in [1.54, 1.807) is 0 Å². The van der Waals surface area contributed by atoms with Gasteiger partial charge >= 0.3 is 5.97 Å². The molecule has 0 radical (unpaired) electrons. The van der Waals surface area contributed by atoms with Crippen LogP contribution in [-0.4, -0.2) is 28.6 Å². The van der Waals surface area contributed by atoms with E-state index in [0.29, 0.717) is 6.42 Å². The van der Waals surface area contributed by atoms with Crippen molar-refractivity contribution >= 4 is 11.8 Å². The largest absolute Gasteiger partial charge is 0.481 e. The maximum absolute atomic E-state index is 11.3. The maximum Gasteiger partial charge on any atom is 0.304 e. The molecule has 0 aliphatic carbocycles. The average Bonchev–Trinajstić information content (AvgIpc) is 2.34. The molecular weight excluding hydrogens is 232 g/mol. The predicted octanol–water partition coefficient (Wildman–Crippen LogP) is 2.78. The van der Waals surface area contributed by atoms with E-state index >= 15 is 0 Å². The van der Waals surface area contributed by atoms with Crippen molar-refractivity contribution in [3.63, 3.8) is 0 Å². The highest BCUT2D eigenvalue weighted by Gasteiger charge is 2.20. The monoisotopic (exact) mass is 258 g/mol. The first-order chi connectivity index (χ1) is 8.61. The summed E-state index contributed by atoms with van der Waals surface area (Å²) in [4.78, 5) is 21.9. The summed E-state index contributed by atoms with van der Waals surface area (Å²) in [7, 11) is 0. The summed E-state index contributed by atoms with van der Waals surface area (Å²) in [6.45, 7) is 1.63. The zero-order chi connectivity index (χ0) is 13.8. The second-order valence-corrected chi connectivity index (χ2v) is 4.83. The Morgan fingerprint density at radius 2 is 1.56 bits per heavy atom. The Morgan fingerprint density at radius 3 is 2.06 bits per heavy atom. The van der Waals surface area contributed by atoms with E-state index in [0.717, 1.165) is 19.3 Å². The molecule has 1 atom stereocenters. The molecule has 0 amide bonds. The molecule has 0 bridgehead atoms. The average molecular weight is 258 g/mol. The number of hydrogen-bond donors (Lipinski definition) is 2. The molecule has 4 nitrogen and oxygen atoms in total. The number of aliphatic hydroxyl groups is 1. The number of carboxylic acid groups (broad SMARTS) is 1. The zero-order valence-electron chi connectivity index (χ0n) is 11.4. The molecule has 0 aromatic heterocycles. The number of carboxylic acids is 1. The Morgan fingerprint density at radius 1 is 1.00 bits per heavy atom. The number of ketones is 1. The zero-order valence-corrected chi connectivity index (χ0v) is 11.4. The van der Waals surface area contributed by atoms with Crippen molar-refractivity contribution in [2.24, 2.45) is 5.92 Å². The van der Waals surface area contributed by atoms with E-state index in [9.17, 15) is 9.59 Å². The van der Waals surface area contributed by atoms with Crippen LogP contribution < -0.4 is 0 Å². The van der Waals surface area contributed by atoms with Crippen molar-refractivity contribution in [2.45, 2.75) is 64.7 Å². The molecule has 1 unspecified atom stereocenters. The third kappa shape index (κ3) is 9.16. The van der Waals surface area contributed by atoms with Crippen molar-refractivity contribution in [3.8, 4) is 0 Å². The van der Waals surface area contributed by atoms with Crippen LogP contribution in [-0.2, 0) is 9.59 Å². The molecule has 0 fully saturated rings. The van der Waals surface area contributed by atoms with E-state index in [1.807, 2.05) is 0 Å². The lowest BCUT2D eigenvalue weighted by Gasteiger charge is -2.11. The standard InChI is InChI=1S/C14H26O4/c1-2-3-4-5-6-7-8-9-12(10-14(17)18)13(16)11-15/h12,15H,2-11H2,1H3,(H,17,18). The second kappa shape index (κ2) is 11.2. The van der Waals surface area contributed by atoms with E-state index in [1.165, 1.54) is 25.7 Å². The Kier molecular flexibility index (Phi) is 10.6. The van der Waals surface area contributed by atoms with Crippen molar-refractivity contribution in [2.75, 3.05) is 6.61 Å². The molecule has 4 heteroatoms. The summed E-state index contributed by atoms with van der Waals surface area (Å²) in [5, 5.41) is 17.5. The summed E-state index contributed by atoms with van der Waals surface area (Å²) >= 11 is 0. The number of Topliss-reactive ketones (excluding diaryl/α,β-unsaturated/α-hetero) is 1. The van der Waals surface area contributed by atoms with Crippen molar-refractivity contribution in [1.29, 1.82) is 0 Å². The molecule has 0 heterocycles. The molecule has 0 saturated heterocycles. The highest BCUT2D eigenvalue weighted by Crippen LogP contribution is 2.16. The number of aliphatic hydroxyl groups excluding tert-OH is 1. The van der Waals surface area contributed by atoms with Gasteiger partial charge in [0.15, 0.2) is 5.78 Å². The fraction of sp³-hybridized carbons (Fsp3) is 0.857. The number of carbonyl (C=O) groups is 2. The van der Waals surface area contributed by atoms with Gasteiger partial charge in [-0.05, 0) is 6.42 Å². The molecule has 0 spiro atoms. The molecule has 0 rings (SSSR count). The highest BCUT2D eigenvalue weighted by molar-refractivity contribution is 5.85.